The number of rotatable bonds is 2. The van der Waals surface area contributed by atoms with E-state index >= 15 is 0 Å². The zero-order valence-corrected chi connectivity index (χ0v) is 11.2. The van der Waals surface area contributed by atoms with Crippen LogP contribution in [0.3, 0.4) is 0 Å². The van der Waals surface area contributed by atoms with Gasteiger partial charge in [-0.3, -0.25) is 4.98 Å². The molecule has 4 nitrogen and oxygen atoms in total. The Labute approximate surface area is 115 Å². The number of para-hydroxylation sites is 1. The molecular weight excluding hydrogens is 260 g/mol. The van der Waals surface area contributed by atoms with Gasteiger partial charge in [0, 0.05) is 12.4 Å². The zero-order chi connectivity index (χ0) is 13.4. The third-order valence-electron chi connectivity index (χ3n) is 3.24. The predicted molar refractivity (Wildman–Crippen MR) is 77.2 cm³/mol. The average Bonchev–Trinajstić information content (AvgIpc) is 2.71. The molecule has 2 aromatic heterocycles. The van der Waals surface area contributed by atoms with E-state index in [1.807, 2.05) is 35.0 Å². The van der Waals surface area contributed by atoms with Gasteiger partial charge in [-0.1, -0.05) is 17.7 Å². The number of halogens is 1. The Morgan fingerprint density at radius 2 is 2.16 bits per heavy atom. The van der Waals surface area contributed by atoms with Crippen LogP contribution in [0.15, 0.2) is 36.7 Å². The number of anilines is 1. The average molecular weight is 273 g/mol. The van der Waals surface area contributed by atoms with E-state index in [0.717, 1.165) is 16.6 Å². The highest BCUT2D eigenvalue weighted by Gasteiger charge is 2.11. The molecule has 19 heavy (non-hydrogen) atoms. The maximum absolute atomic E-state index is 6.13. The Morgan fingerprint density at radius 3 is 2.95 bits per heavy atom. The molecule has 0 atom stereocenters. The van der Waals surface area contributed by atoms with Gasteiger partial charge in [0.05, 0.1) is 17.1 Å². The van der Waals surface area contributed by atoms with Crippen molar-refractivity contribution >= 4 is 28.6 Å². The smallest absolute Gasteiger partial charge is 0.201 e. The minimum absolute atomic E-state index is 0.464. The Balaban J connectivity index is 2.13. The second kappa shape index (κ2) is 4.55. The number of nitrogens with two attached hydrogens (primary N) is 1. The van der Waals surface area contributed by atoms with Crippen molar-refractivity contribution in [3.8, 4) is 0 Å². The molecule has 0 aliphatic heterocycles. The number of hydrogen-bond acceptors (Lipinski definition) is 3. The highest BCUT2D eigenvalue weighted by molar-refractivity contribution is 6.35. The number of fused-ring (bicyclic) bond motifs is 1. The van der Waals surface area contributed by atoms with Gasteiger partial charge in [0.25, 0.3) is 0 Å². The fraction of sp³-hybridized carbons (Fsp3) is 0.143. The molecule has 96 valence electrons. The van der Waals surface area contributed by atoms with Crippen molar-refractivity contribution < 1.29 is 0 Å². The maximum atomic E-state index is 6.13. The lowest BCUT2D eigenvalue weighted by Crippen LogP contribution is -2.06. The van der Waals surface area contributed by atoms with E-state index in [0.29, 0.717) is 17.5 Å². The molecule has 0 saturated heterocycles. The number of pyridine rings is 1. The normalized spacial score (nSPS) is 11.1. The van der Waals surface area contributed by atoms with Crippen LogP contribution >= 0.6 is 11.6 Å². The molecule has 0 radical (unpaired) electrons. The number of benzene rings is 1. The summed E-state index contributed by atoms with van der Waals surface area (Å²) in [6, 6.07) is 7.67. The van der Waals surface area contributed by atoms with Crippen LogP contribution in [0.4, 0.5) is 5.95 Å². The van der Waals surface area contributed by atoms with E-state index in [-0.39, 0.29) is 0 Å². The van der Waals surface area contributed by atoms with Gasteiger partial charge >= 0.3 is 0 Å². The van der Waals surface area contributed by atoms with Crippen LogP contribution in [0.1, 0.15) is 11.1 Å². The Bertz CT molecular complexity index is 748. The van der Waals surface area contributed by atoms with Crippen LogP contribution in [0, 0.1) is 6.92 Å². The number of nitrogens with zero attached hydrogens (tertiary/aromatic N) is 3. The van der Waals surface area contributed by atoms with E-state index in [1.54, 1.807) is 6.20 Å². The summed E-state index contributed by atoms with van der Waals surface area (Å²) >= 11 is 6.13. The molecular formula is C14H13ClN4. The van der Waals surface area contributed by atoms with Crippen molar-refractivity contribution in [3.63, 3.8) is 0 Å². The second-order valence-corrected chi connectivity index (χ2v) is 4.87. The fourth-order valence-electron chi connectivity index (χ4n) is 2.13. The lowest BCUT2D eigenvalue weighted by molar-refractivity contribution is 0.826. The fourth-order valence-corrected chi connectivity index (χ4v) is 2.34. The molecule has 1 aromatic carbocycles. The van der Waals surface area contributed by atoms with Crippen LogP contribution < -0.4 is 5.73 Å². The highest BCUT2D eigenvalue weighted by atomic mass is 35.5. The molecule has 3 aromatic rings. The first-order chi connectivity index (χ1) is 9.16. The molecule has 0 spiro atoms. The second-order valence-electron chi connectivity index (χ2n) is 4.47. The molecule has 2 heterocycles. The minimum Gasteiger partial charge on any atom is -0.369 e. The van der Waals surface area contributed by atoms with Gasteiger partial charge in [-0.25, -0.2) is 4.98 Å². The van der Waals surface area contributed by atoms with Crippen LogP contribution in [-0.4, -0.2) is 14.5 Å². The first-order valence-electron chi connectivity index (χ1n) is 5.96. The third-order valence-corrected chi connectivity index (χ3v) is 3.54. The minimum atomic E-state index is 0.464. The summed E-state index contributed by atoms with van der Waals surface area (Å²) < 4.78 is 1.95. The Kier molecular flexibility index (Phi) is 2.87. The van der Waals surface area contributed by atoms with Gasteiger partial charge in [0.2, 0.25) is 5.95 Å². The summed E-state index contributed by atoms with van der Waals surface area (Å²) in [5, 5.41) is 0.617. The predicted octanol–water partition coefficient (Wildman–Crippen LogP) is 3.02. The van der Waals surface area contributed by atoms with Gasteiger partial charge in [-0.15, -0.1) is 0 Å². The Hall–Kier alpha value is -2.07. The van der Waals surface area contributed by atoms with Crippen molar-refractivity contribution in [2.24, 2.45) is 0 Å². The first kappa shape index (κ1) is 12.0. The zero-order valence-electron chi connectivity index (χ0n) is 10.5. The summed E-state index contributed by atoms with van der Waals surface area (Å²) in [4.78, 5) is 8.48. The summed E-state index contributed by atoms with van der Waals surface area (Å²) in [5.41, 5.74) is 9.97. The van der Waals surface area contributed by atoms with Crippen molar-refractivity contribution in [1.29, 1.82) is 0 Å². The lowest BCUT2D eigenvalue weighted by Gasteiger charge is -2.08. The molecule has 2 N–H and O–H groups in total. The number of nitrogen functional groups attached to an aromatic ring is 1. The van der Waals surface area contributed by atoms with Gasteiger partial charge in [0.1, 0.15) is 5.52 Å². The number of aromatic nitrogens is 3. The number of hydrogen-bond donors (Lipinski definition) is 1. The van der Waals surface area contributed by atoms with Crippen LogP contribution in [0.2, 0.25) is 5.02 Å². The van der Waals surface area contributed by atoms with E-state index < -0.39 is 0 Å². The van der Waals surface area contributed by atoms with Crippen LogP contribution in [0.25, 0.3) is 11.0 Å². The topological polar surface area (TPSA) is 56.7 Å². The monoisotopic (exact) mass is 272 g/mol. The van der Waals surface area contributed by atoms with E-state index in [9.17, 15) is 0 Å². The molecule has 0 fully saturated rings. The molecule has 0 saturated carbocycles. The van der Waals surface area contributed by atoms with Crippen molar-refractivity contribution in [2.75, 3.05) is 5.73 Å². The van der Waals surface area contributed by atoms with Crippen LogP contribution in [-0.2, 0) is 6.54 Å². The highest BCUT2D eigenvalue weighted by Crippen LogP contribution is 2.25. The molecule has 0 amide bonds. The summed E-state index contributed by atoms with van der Waals surface area (Å²) in [6.45, 7) is 2.70. The van der Waals surface area contributed by atoms with Crippen molar-refractivity contribution in [1.82, 2.24) is 14.5 Å². The number of aryl methyl sites for hydroxylation is 1. The largest absolute Gasteiger partial charge is 0.369 e. The molecule has 3 rings (SSSR count). The molecule has 0 bridgehead atoms. The van der Waals surface area contributed by atoms with Crippen molar-refractivity contribution in [2.45, 2.75) is 13.5 Å². The SMILES string of the molecule is Cc1ccncc1Cn1c(N)nc2c(Cl)cccc21. The van der Waals surface area contributed by atoms with E-state index in [4.69, 9.17) is 17.3 Å². The van der Waals surface area contributed by atoms with Gasteiger partial charge < -0.3 is 10.3 Å². The maximum Gasteiger partial charge on any atom is 0.201 e. The number of imidazole rings is 1. The molecule has 5 heteroatoms. The summed E-state index contributed by atoms with van der Waals surface area (Å²) in [5.74, 6) is 0.464. The Morgan fingerprint density at radius 1 is 1.32 bits per heavy atom. The summed E-state index contributed by atoms with van der Waals surface area (Å²) in [6.07, 6.45) is 3.64. The van der Waals surface area contributed by atoms with Gasteiger partial charge in [0.15, 0.2) is 0 Å². The van der Waals surface area contributed by atoms with E-state index in [1.165, 1.54) is 5.56 Å². The standard InChI is InChI=1S/C14H13ClN4/c1-9-5-6-17-7-10(9)8-19-12-4-2-3-11(15)13(12)18-14(19)16/h2-7H,8H2,1H3,(H2,16,18). The summed E-state index contributed by atoms with van der Waals surface area (Å²) in [7, 11) is 0. The molecule has 0 unspecified atom stereocenters. The van der Waals surface area contributed by atoms with E-state index in [2.05, 4.69) is 16.9 Å². The van der Waals surface area contributed by atoms with Crippen LogP contribution in [0.5, 0.6) is 0 Å². The van der Waals surface area contributed by atoms with Crippen molar-refractivity contribution in [3.05, 3.63) is 52.8 Å². The third kappa shape index (κ3) is 2.04. The molecule has 0 aliphatic rings. The molecule has 0 aliphatic carbocycles. The first-order valence-corrected chi connectivity index (χ1v) is 6.34. The lowest BCUT2D eigenvalue weighted by atomic mass is 10.1. The van der Waals surface area contributed by atoms with Gasteiger partial charge in [-0.05, 0) is 36.2 Å². The van der Waals surface area contributed by atoms with Gasteiger partial charge in [-0.2, -0.15) is 0 Å². The quantitative estimate of drug-likeness (QED) is 0.780.